The van der Waals surface area contributed by atoms with Crippen molar-refractivity contribution in [2.75, 3.05) is 54.0 Å². The summed E-state index contributed by atoms with van der Waals surface area (Å²) in [6, 6.07) is 1.19. The van der Waals surface area contributed by atoms with Gasteiger partial charge in [0.25, 0.3) is 0 Å². The second kappa shape index (κ2) is 8.86. The highest BCUT2D eigenvalue weighted by Crippen LogP contribution is 2.15. The minimum atomic E-state index is 0.451. The Balaban J connectivity index is 2.28. The molecule has 0 aromatic rings. The molecule has 1 saturated heterocycles. The van der Waals surface area contributed by atoms with Crippen LogP contribution in [0.3, 0.4) is 0 Å². The van der Waals surface area contributed by atoms with Crippen LogP contribution in [0.4, 0.5) is 0 Å². The lowest BCUT2D eigenvalue weighted by Crippen LogP contribution is -2.46. The number of likely N-dealkylation sites (tertiary alicyclic amines) is 1. The molecular weight excluding hydrogens is 226 g/mol. The Morgan fingerprint density at radius 1 is 1.50 bits per heavy atom. The third kappa shape index (κ3) is 5.65. The van der Waals surface area contributed by atoms with Gasteiger partial charge in [-0.3, -0.25) is 0 Å². The van der Waals surface area contributed by atoms with E-state index >= 15 is 0 Å². The maximum Gasteiger partial charge on any atom is 0.0628 e. The van der Waals surface area contributed by atoms with Gasteiger partial charge in [-0.25, -0.2) is 0 Å². The fourth-order valence-electron chi connectivity index (χ4n) is 2.75. The first-order valence-corrected chi connectivity index (χ1v) is 7.28. The first-order valence-electron chi connectivity index (χ1n) is 7.28. The summed E-state index contributed by atoms with van der Waals surface area (Å²) in [5, 5.41) is 3.56. The molecule has 0 aromatic heterocycles. The summed E-state index contributed by atoms with van der Waals surface area (Å²) < 4.78 is 5.29. The standard InChI is InChI=1S/C14H31N3O/c1-5-8-15-13(12-18-4)10-16(2)11-14-7-6-9-17(14)3/h13-15H,5-12H2,1-4H3. The van der Waals surface area contributed by atoms with E-state index in [0.29, 0.717) is 6.04 Å². The van der Waals surface area contributed by atoms with Gasteiger partial charge in [0.15, 0.2) is 0 Å². The van der Waals surface area contributed by atoms with Crippen LogP contribution in [0.15, 0.2) is 0 Å². The Morgan fingerprint density at radius 3 is 2.83 bits per heavy atom. The second-order valence-electron chi connectivity index (χ2n) is 5.60. The number of methoxy groups -OCH3 is 1. The summed E-state index contributed by atoms with van der Waals surface area (Å²) in [5.74, 6) is 0. The number of likely N-dealkylation sites (N-methyl/N-ethyl adjacent to an activating group) is 2. The zero-order valence-corrected chi connectivity index (χ0v) is 12.6. The Morgan fingerprint density at radius 2 is 2.28 bits per heavy atom. The van der Waals surface area contributed by atoms with E-state index in [2.05, 4.69) is 36.1 Å². The number of nitrogens with zero attached hydrogens (tertiary/aromatic N) is 2. The molecule has 18 heavy (non-hydrogen) atoms. The minimum absolute atomic E-state index is 0.451. The average Bonchev–Trinajstić information content (AvgIpc) is 2.72. The first kappa shape index (κ1) is 15.9. The van der Waals surface area contributed by atoms with E-state index in [0.717, 1.165) is 25.7 Å². The van der Waals surface area contributed by atoms with Crippen LogP contribution in [0.5, 0.6) is 0 Å². The van der Waals surface area contributed by atoms with E-state index < -0.39 is 0 Å². The Kier molecular flexibility index (Phi) is 7.82. The van der Waals surface area contributed by atoms with Crippen molar-refractivity contribution in [1.82, 2.24) is 15.1 Å². The summed E-state index contributed by atoms with van der Waals surface area (Å²) >= 11 is 0. The quantitative estimate of drug-likeness (QED) is 0.668. The molecule has 4 heteroatoms. The molecule has 0 bridgehead atoms. The van der Waals surface area contributed by atoms with Crippen molar-refractivity contribution in [1.29, 1.82) is 0 Å². The topological polar surface area (TPSA) is 27.7 Å². The zero-order valence-electron chi connectivity index (χ0n) is 12.6. The molecule has 1 aliphatic heterocycles. The third-order valence-electron chi connectivity index (χ3n) is 3.78. The number of hydrogen-bond donors (Lipinski definition) is 1. The Hall–Kier alpha value is -0.160. The highest BCUT2D eigenvalue weighted by Gasteiger charge is 2.22. The molecule has 0 amide bonds. The van der Waals surface area contributed by atoms with Crippen molar-refractivity contribution >= 4 is 0 Å². The summed E-state index contributed by atoms with van der Waals surface area (Å²) in [6.45, 7) is 7.57. The van der Waals surface area contributed by atoms with Crippen molar-refractivity contribution in [2.24, 2.45) is 0 Å². The highest BCUT2D eigenvalue weighted by molar-refractivity contribution is 4.80. The SMILES string of the molecule is CCCNC(COC)CN(C)CC1CCCN1C. The van der Waals surface area contributed by atoms with Gasteiger partial charge >= 0.3 is 0 Å². The molecule has 1 aliphatic rings. The van der Waals surface area contributed by atoms with Crippen LogP contribution >= 0.6 is 0 Å². The molecular formula is C14H31N3O. The number of rotatable bonds is 9. The number of hydrogen-bond acceptors (Lipinski definition) is 4. The molecule has 1 N–H and O–H groups in total. The minimum Gasteiger partial charge on any atom is -0.383 e. The molecule has 4 nitrogen and oxygen atoms in total. The van der Waals surface area contributed by atoms with Gasteiger partial charge < -0.3 is 19.9 Å². The first-order chi connectivity index (χ1) is 8.67. The highest BCUT2D eigenvalue weighted by atomic mass is 16.5. The lowest BCUT2D eigenvalue weighted by atomic mass is 10.2. The van der Waals surface area contributed by atoms with Gasteiger partial charge in [-0.15, -0.1) is 0 Å². The van der Waals surface area contributed by atoms with Crippen LogP contribution in [0.2, 0.25) is 0 Å². The van der Waals surface area contributed by atoms with Gasteiger partial charge in [-0.1, -0.05) is 6.92 Å². The van der Waals surface area contributed by atoms with Crippen LogP contribution < -0.4 is 5.32 Å². The molecule has 1 rings (SSSR count). The maximum atomic E-state index is 5.29. The van der Waals surface area contributed by atoms with Crippen LogP contribution in [0.25, 0.3) is 0 Å². The van der Waals surface area contributed by atoms with E-state index in [9.17, 15) is 0 Å². The van der Waals surface area contributed by atoms with Gasteiger partial charge in [0.2, 0.25) is 0 Å². The normalized spacial score (nSPS) is 22.8. The number of ether oxygens (including phenoxy) is 1. The van der Waals surface area contributed by atoms with Crippen molar-refractivity contribution in [3.05, 3.63) is 0 Å². The largest absolute Gasteiger partial charge is 0.383 e. The van der Waals surface area contributed by atoms with Crippen LogP contribution in [-0.2, 0) is 4.74 Å². The lowest BCUT2D eigenvalue weighted by Gasteiger charge is -2.29. The lowest BCUT2D eigenvalue weighted by molar-refractivity contribution is 0.136. The number of nitrogens with one attached hydrogen (secondary N) is 1. The molecule has 0 aromatic carbocycles. The fourth-order valence-corrected chi connectivity index (χ4v) is 2.75. The summed E-state index contributed by atoms with van der Waals surface area (Å²) in [5.41, 5.74) is 0. The molecule has 108 valence electrons. The monoisotopic (exact) mass is 257 g/mol. The van der Waals surface area contributed by atoms with Crippen molar-refractivity contribution in [3.8, 4) is 0 Å². The smallest absolute Gasteiger partial charge is 0.0628 e. The zero-order chi connectivity index (χ0) is 13.4. The molecule has 2 unspecified atom stereocenters. The van der Waals surface area contributed by atoms with E-state index in [-0.39, 0.29) is 0 Å². The van der Waals surface area contributed by atoms with Crippen molar-refractivity contribution < 1.29 is 4.74 Å². The van der Waals surface area contributed by atoms with Crippen LogP contribution in [0.1, 0.15) is 26.2 Å². The van der Waals surface area contributed by atoms with Gasteiger partial charge in [0.1, 0.15) is 0 Å². The van der Waals surface area contributed by atoms with Crippen molar-refractivity contribution in [3.63, 3.8) is 0 Å². The van der Waals surface area contributed by atoms with Crippen molar-refractivity contribution in [2.45, 2.75) is 38.3 Å². The van der Waals surface area contributed by atoms with E-state index in [1.807, 2.05) is 0 Å². The summed E-state index contributed by atoms with van der Waals surface area (Å²) in [4.78, 5) is 4.93. The predicted octanol–water partition coefficient (Wildman–Crippen LogP) is 1.03. The average molecular weight is 257 g/mol. The molecule has 2 atom stereocenters. The van der Waals surface area contributed by atoms with E-state index in [4.69, 9.17) is 4.74 Å². The molecule has 1 heterocycles. The van der Waals surface area contributed by atoms with Crippen LogP contribution in [0, 0.1) is 0 Å². The molecule has 0 aliphatic carbocycles. The third-order valence-corrected chi connectivity index (χ3v) is 3.78. The Labute approximate surface area is 113 Å². The molecule has 1 fully saturated rings. The maximum absolute atomic E-state index is 5.29. The van der Waals surface area contributed by atoms with Gasteiger partial charge in [-0.2, -0.15) is 0 Å². The summed E-state index contributed by atoms with van der Waals surface area (Å²) in [7, 11) is 6.25. The van der Waals surface area contributed by atoms with E-state index in [1.54, 1.807) is 7.11 Å². The van der Waals surface area contributed by atoms with Gasteiger partial charge in [-0.05, 0) is 46.4 Å². The fraction of sp³-hybridized carbons (Fsp3) is 1.00. The van der Waals surface area contributed by atoms with Crippen LogP contribution in [-0.4, -0.2) is 75.9 Å². The second-order valence-corrected chi connectivity index (χ2v) is 5.60. The predicted molar refractivity (Wildman–Crippen MR) is 77.1 cm³/mol. The molecule has 0 saturated carbocycles. The Bertz CT molecular complexity index is 213. The van der Waals surface area contributed by atoms with Gasteiger partial charge in [0, 0.05) is 32.3 Å². The molecule has 0 spiro atoms. The van der Waals surface area contributed by atoms with E-state index in [1.165, 1.54) is 32.4 Å². The van der Waals surface area contributed by atoms with Gasteiger partial charge in [0.05, 0.1) is 6.61 Å². The summed E-state index contributed by atoms with van der Waals surface area (Å²) in [6.07, 6.45) is 3.87. The molecule has 0 radical (unpaired) electrons.